The number of carbonyl (C=O) groups excluding carboxylic acids is 1. The number of anilines is 1. The predicted octanol–water partition coefficient (Wildman–Crippen LogP) is 4.93. The Kier molecular flexibility index (Phi) is 5.15. The molecule has 3 aromatic heterocycles. The van der Waals surface area contributed by atoms with E-state index in [4.69, 9.17) is 19.6 Å². The van der Waals surface area contributed by atoms with E-state index < -0.39 is 5.60 Å². The van der Waals surface area contributed by atoms with Crippen LogP contribution in [0, 0.1) is 6.92 Å². The van der Waals surface area contributed by atoms with Gasteiger partial charge in [-0.05, 0) is 57.9 Å². The van der Waals surface area contributed by atoms with Gasteiger partial charge in [0, 0.05) is 30.2 Å². The van der Waals surface area contributed by atoms with Crippen LogP contribution >= 0.6 is 0 Å². The van der Waals surface area contributed by atoms with Crippen molar-refractivity contribution in [1.29, 1.82) is 0 Å². The third kappa shape index (κ3) is 3.81. The van der Waals surface area contributed by atoms with E-state index in [2.05, 4.69) is 20.6 Å². The molecule has 0 aliphatic carbocycles. The summed E-state index contributed by atoms with van der Waals surface area (Å²) in [7, 11) is 1.63. The Morgan fingerprint density at radius 1 is 1.24 bits per heavy atom. The molecule has 1 saturated heterocycles. The molecule has 4 heterocycles. The molecule has 2 N–H and O–H groups in total. The number of amides is 1. The van der Waals surface area contributed by atoms with Gasteiger partial charge in [0.2, 0.25) is 0 Å². The second-order valence-electron chi connectivity index (χ2n) is 9.77. The van der Waals surface area contributed by atoms with Crippen molar-refractivity contribution < 1.29 is 18.7 Å². The van der Waals surface area contributed by atoms with Crippen molar-refractivity contribution in [2.24, 2.45) is 0 Å². The van der Waals surface area contributed by atoms with Crippen LogP contribution in [-0.4, -0.2) is 51.3 Å². The third-order valence-electron chi connectivity index (χ3n) is 6.06. The Hall–Kier alpha value is -3.75. The minimum Gasteiger partial charge on any atom is -0.493 e. The van der Waals surface area contributed by atoms with Crippen LogP contribution in [0.1, 0.15) is 38.8 Å². The third-order valence-corrected chi connectivity index (χ3v) is 6.06. The monoisotopic (exact) mass is 463 g/mol. The molecule has 0 saturated carbocycles. The molecule has 1 unspecified atom stereocenters. The fourth-order valence-electron chi connectivity index (χ4n) is 4.58. The highest BCUT2D eigenvalue weighted by Crippen LogP contribution is 2.40. The van der Waals surface area contributed by atoms with Crippen LogP contribution in [0.4, 0.5) is 10.6 Å². The minimum atomic E-state index is -0.537. The summed E-state index contributed by atoms with van der Waals surface area (Å²) < 4.78 is 19.4. The molecule has 34 heavy (non-hydrogen) atoms. The van der Waals surface area contributed by atoms with E-state index in [-0.39, 0.29) is 12.1 Å². The van der Waals surface area contributed by atoms with Gasteiger partial charge in [-0.25, -0.2) is 14.8 Å². The van der Waals surface area contributed by atoms with Gasteiger partial charge < -0.3 is 29.1 Å². The minimum absolute atomic E-state index is 0.0271. The molecule has 0 bridgehead atoms. The first-order valence-corrected chi connectivity index (χ1v) is 11.3. The number of nitrogen functional groups attached to an aromatic ring is 1. The van der Waals surface area contributed by atoms with E-state index in [0.717, 1.165) is 28.3 Å². The standard InChI is InChI=1S/C25H29N5O4/c1-14-8-15-10-18(33-21(15)19(9-14)32-5)17-12-30(23-20(17)22(26)27-13-28-23)16-6-7-29(11-16)24(31)34-25(2,3)4/h8-10,12-13,16H,6-7,11H2,1-5H3,(H2,26,27,28). The summed E-state index contributed by atoms with van der Waals surface area (Å²) in [4.78, 5) is 23.1. The van der Waals surface area contributed by atoms with Gasteiger partial charge in [-0.3, -0.25) is 0 Å². The van der Waals surface area contributed by atoms with Gasteiger partial charge in [0.15, 0.2) is 11.3 Å². The number of nitrogens with zero attached hydrogens (tertiary/aromatic N) is 4. The highest BCUT2D eigenvalue weighted by Gasteiger charge is 2.32. The largest absolute Gasteiger partial charge is 0.493 e. The lowest BCUT2D eigenvalue weighted by molar-refractivity contribution is 0.0289. The predicted molar refractivity (Wildman–Crippen MR) is 130 cm³/mol. The van der Waals surface area contributed by atoms with Crippen molar-refractivity contribution in [1.82, 2.24) is 19.4 Å². The molecule has 1 atom stereocenters. The van der Waals surface area contributed by atoms with Crippen molar-refractivity contribution in [3.63, 3.8) is 0 Å². The maximum absolute atomic E-state index is 12.6. The Morgan fingerprint density at radius 2 is 2.03 bits per heavy atom. The number of aromatic nitrogens is 3. The molecule has 4 aromatic rings. The summed E-state index contributed by atoms with van der Waals surface area (Å²) in [6.07, 6.45) is 3.93. The lowest BCUT2D eigenvalue weighted by atomic mass is 10.1. The van der Waals surface area contributed by atoms with E-state index in [1.54, 1.807) is 12.0 Å². The highest BCUT2D eigenvalue weighted by atomic mass is 16.6. The Labute approximate surface area is 197 Å². The SMILES string of the molecule is COc1cc(C)cc2cc(-c3cn(C4CCN(C(=O)OC(C)(C)C)C4)c4ncnc(N)c34)oc12. The molecule has 0 radical (unpaired) electrons. The average molecular weight is 464 g/mol. The number of nitrogens with two attached hydrogens (primary N) is 1. The number of ether oxygens (including phenoxy) is 2. The van der Waals surface area contributed by atoms with Crippen LogP contribution < -0.4 is 10.5 Å². The molecule has 9 nitrogen and oxygen atoms in total. The van der Waals surface area contributed by atoms with Crippen LogP contribution in [-0.2, 0) is 4.74 Å². The second kappa shape index (κ2) is 7.93. The Bertz CT molecular complexity index is 1400. The summed E-state index contributed by atoms with van der Waals surface area (Å²) in [5.41, 5.74) is 9.05. The first-order chi connectivity index (χ1) is 16.1. The Balaban J connectivity index is 1.56. The zero-order chi connectivity index (χ0) is 24.2. The highest BCUT2D eigenvalue weighted by molar-refractivity contribution is 6.01. The summed E-state index contributed by atoms with van der Waals surface area (Å²) in [6.45, 7) is 8.75. The molecule has 0 spiro atoms. The number of likely N-dealkylation sites (tertiary alicyclic amines) is 1. The molecular formula is C25H29N5O4. The topological polar surface area (TPSA) is 109 Å². The molecule has 1 aliphatic rings. The lowest BCUT2D eigenvalue weighted by Gasteiger charge is -2.24. The van der Waals surface area contributed by atoms with Gasteiger partial charge in [-0.2, -0.15) is 0 Å². The molecule has 1 fully saturated rings. The number of hydrogen-bond acceptors (Lipinski definition) is 7. The molecular weight excluding hydrogens is 434 g/mol. The number of fused-ring (bicyclic) bond motifs is 2. The number of aryl methyl sites for hydroxylation is 1. The smallest absolute Gasteiger partial charge is 0.410 e. The molecule has 1 aliphatic heterocycles. The first-order valence-electron chi connectivity index (χ1n) is 11.3. The molecule has 1 aromatic carbocycles. The van der Waals surface area contributed by atoms with Crippen molar-refractivity contribution in [2.75, 3.05) is 25.9 Å². The van der Waals surface area contributed by atoms with Gasteiger partial charge >= 0.3 is 6.09 Å². The van der Waals surface area contributed by atoms with Gasteiger partial charge in [-0.15, -0.1) is 0 Å². The molecule has 178 valence electrons. The van der Waals surface area contributed by atoms with Crippen molar-refractivity contribution in [3.8, 4) is 17.1 Å². The van der Waals surface area contributed by atoms with E-state index in [1.165, 1.54) is 6.33 Å². The zero-order valence-electron chi connectivity index (χ0n) is 20.1. The number of carbonyl (C=O) groups is 1. The van der Waals surface area contributed by atoms with Crippen molar-refractivity contribution in [2.45, 2.75) is 45.8 Å². The second-order valence-corrected chi connectivity index (χ2v) is 9.77. The normalized spacial score (nSPS) is 16.5. The number of rotatable bonds is 3. The van der Waals surface area contributed by atoms with E-state index in [1.807, 2.05) is 46.0 Å². The molecule has 1 amide bonds. The van der Waals surface area contributed by atoms with Crippen LogP contribution in [0.5, 0.6) is 5.75 Å². The summed E-state index contributed by atoms with van der Waals surface area (Å²) in [5, 5.41) is 1.67. The van der Waals surface area contributed by atoms with Crippen LogP contribution in [0.2, 0.25) is 0 Å². The van der Waals surface area contributed by atoms with E-state index in [9.17, 15) is 4.79 Å². The zero-order valence-corrected chi connectivity index (χ0v) is 20.1. The average Bonchev–Trinajstić information content (AvgIpc) is 3.48. The first kappa shape index (κ1) is 22.1. The number of benzene rings is 1. The number of methoxy groups -OCH3 is 1. The van der Waals surface area contributed by atoms with Crippen molar-refractivity contribution in [3.05, 3.63) is 36.3 Å². The summed E-state index contributed by atoms with van der Waals surface area (Å²) in [6, 6.07) is 6.01. The van der Waals surface area contributed by atoms with E-state index in [0.29, 0.717) is 41.6 Å². The van der Waals surface area contributed by atoms with Crippen LogP contribution in [0.15, 0.2) is 35.1 Å². The maximum Gasteiger partial charge on any atom is 0.410 e. The quantitative estimate of drug-likeness (QED) is 0.459. The molecule has 5 rings (SSSR count). The van der Waals surface area contributed by atoms with Gasteiger partial charge in [0.25, 0.3) is 0 Å². The fourth-order valence-corrected chi connectivity index (χ4v) is 4.58. The number of hydrogen-bond donors (Lipinski definition) is 1. The molecule has 9 heteroatoms. The summed E-state index contributed by atoms with van der Waals surface area (Å²) >= 11 is 0. The van der Waals surface area contributed by atoms with Gasteiger partial charge in [0.05, 0.1) is 18.5 Å². The van der Waals surface area contributed by atoms with Crippen LogP contribution in [0.3, 0.4) is 0 Å². The Morgan fingerprint density at radius 3 is 2.76 bits per heavy atom. The lowest BCUT2D eigenvalue weighted by Crippen LogP contribution is -2.35. The van der Waals surface area contributed by atoms with Crippen molar-refractivity contribution >= 4 is 33.9 Å². The van der Waals surface area contributed by atoms with E-state index >= 15 is 0 Å². The van der Waals surface area contributed by atoms with Crippen LogP contribution in [0.25, 0.3) is 33.3 Å². The fraction of sp³-hybridized carbons (Fsp3) is 0.400. The van der Waals surface area contributed by atoms with Gasteiger partial charge in [-0.1, -0.05) is 0 Å². The van der Waals surface area contributed by atoms with Gasteiger partial charge in [0.1, 0.15) is 29.2 Å². The summed E-state index contributed by atoms with van der Waals surface area (Å²) in [5.74, 6) is 1.72. The number of furan rings is 1. The maximum atomic E-state index is 12.6.